The number of rotatable bonds is 10. The Hall–Kier alpha value is -5.53. The van der Waals surface area contributed by atoms with E-state index in [-0.39, 0.29) is 38.0 Å². The van der Waals surface area contributed by atoms with Gasteiger partial charge in [-0.15, -0.1) is 6.42 Å². The summed E-state index contributed by atoms with van der Waals surface area (Å²) >= 11 is 0. The number of benzene rings is 4. The summed E-state index contributed by atoms with van der Waals surface area (Å²) < 4.78 is 5.23. The topological polar surface area (TPSA) is 97.5 Å². The number of urea groups is 1. The van der Waals surface area contributed by atoms with Crippen LogP contribution < -0.4 is 15.4 Å². The summed E-state index contributed by atoms with van der Waals surface area (Å²) in [6.07, 6.45) is 5.50. The molecule has 4 amide bonds. The van der Waals surface area contributed by atoms with Crippen molar-refractivity contribution in [1.29, 1.82) is 0 Å². The van der Waals surface area contributed by atoms with Gasteiger partial charge in [-0.05, 0) is 51.7 Å². The second kappa shape index (κ2) is 13.8. The van der Waals surface area contributed by atoms with Gasteiger partial charge in [0.05, 0.1) is 26.7 Å². The molecule has 47 heavy (non-hydrogen) atoms. The van der Waals surface area contributed by atoms with Crippen LogP contribution in [0.15, 0.2) is 91.0 Å². The Labute approximate surface area is 274 Å². The van der Waals surface area contributed by atoms with Crippen molar-refractivity contribution in [3.63, 3.8) is 0 Å². The molecule has 2 atom stereocenters. The van der Waals surface area contributed by atoms with Crippen molar-refractivity contribution in [2.24, 2.45) is 0 Å². The third-order valence-corrected chi connectivity index (χ3v) is 8.87. The molecule has 2 fully saturated rings. The molecule has 0 aliphatic carbocycles. The van der Waals surface area contributed by atoms with Crippen LogP contribution in [-0.4, -0.2) is 83.7 Å². The summed E-state index contributed by atoms with van der Waals surface area (Å²) in [7, 11) is 3.45. The summed E-state index contributed by atoms with van der Waals surface area (Å²) in [4.78, 5) is 45.2. The van der Waals surface area contributed by atoms with E-state index in [2.05, 4.69) is 34.8 Å². The maximum Gasteiger partial charge on any atom is 0.333 e. The Bertz CT molecular complexity index is 1800. The summed E-state index contributed by atoms with van der Waals surface area (Å²) in [5.74, 6) is 2.94. The third-order valence-electron chi connectivity index (χ3n) is 8.87. The minimum Gasteiger partial charge on any atom is -0.497 e. The number of methoxy groups -OCH3 is 1. The molecule has 240 valence electrons. The Balaban J connectivity index is 1.30. The molecule has 0 aromatic heterocycles. The molecule has 2 N–H and O–H groups in total. The van der Waals surface area contributed by atoms with Gasteiger partial charge in [0.25, 0.3) is 0 Å². The summed E-state index contributed by atoms with van der Waals surface area (Å²) in [6, 6.07) is 28.2. The Kier molecular flexibility index (Phi) is 9.27. The highest BCUT2D eigenvalue weighted by Crippen LogP contribution is 2.31. The molecule has 2 aliphatic rings. The van der Waals surface area contributed by atoms with E-state index >= 15 is 0 Å². The first-order chi connectivity index (χ1) is 22.9. The zero-order valence-electron chi connectivity index (χ0n) is 26.6. The first-order valence-electron chi connectivity index (χ1n) is 15.6. The van der Waals surface area contributed by atoms with Gasteiger partial charge < -0.3 is 25.2 Å². The lowest BCUT2D eigenvalue weighted by molar-refractivity contribution is -0.157. The van der Waals surface area contributed by atoms with Crippen LogP contribution in [0.25, 0.3) is 10.8 Å². The fourth-order valence-corrected chi connectivity index (χ4v) is 6.44. The molecular formula is C37H38N6O4. The number of piperazine rings is 1. The van der Waals surface area contributed by atoms with Crippen molar-refractivity contribution in [3.8, 4) is 18.1 Å². The molecule has 0 bridgehead atoms. The Morgan fingerprint density at radius 2 is 1.70 bits per heavy atom. The van der Waals surface area contributed by atoms with Gasteiger partial charge in [0.1, 0.15) is 18.0 Å². The lowest BCUT2D eigenvalue weighted by atomic mass is 9.98. The second-order valence-corrected chi connectivity index (χ2v) is 11.7. The van der Waals surface area contributed by atoms with E-state index in [4.69, 9.17) is 11.2 Å². The lowest BCUT2D eigenvalue weighted by Gasteiger charge is -2.46. The van der Waals surface area contributed by atoms with Crippen molar-refractivity contribution in [2.75, 3.05) is 39.1 Å². The first-order valence-corrected chi connectivity index (χ1v) is 15.6. The minimum atomic E-state index is -0.753. The predicted octanol–water partition coefficient (Wildman–Crippen LogP) is 4.07. The van der Waals surface area contributed by atoms with E-state index in [0.717, 1.165) is 38.9 Å². The van der Waals surface area contributed by atoms with E-state index in [1.165, 1.54) is 5.01 Å². The quantitative estimate of drug-likeness (QED) is 0.257. The third kappa shape index (κ3) is 6.57. The van der Waals surface area contributed by atoms with E-state index in [0.29, 0.717) is 13.0 Å². The predicted molar refractivity (Wildman–Crippen MR) is 181 cm³/mol. The van der Waals surface area contributed by atoms with E-state index < -0.39 is 18.2 Å². The molecule has 0 spiro atoms. The molecule has 4 aromatic rings. The summed E-state index contributed by atoms with van der Waals surface area (Å²) in [6.45, 7) is 0.722. The van der Waals surface area contributed by atoms with Crippen LogP contribution in [-0.2, 0) is 29.1 Å². The van der Waals surface area contributed by atoms with E-state index in [1.807, 2.05) is 84.7 Å². The fraction of sp³-hybridized carbons (Fsp3) is 0.270. The fourth-order valence-electron chi connectivity index (χ4n) is 6.44. The number of hydrogen-bond acceptors (Lipinski definition) is 6. The Morgan fingerprint density at radius 3 is 2.43 bits per heavy atom. The number of anilines is 1. The van der Waals surface area contributed by atoms with Gasteiger partial charge in [0, 0.05) is 32.2 Å². The molecule has 6 rings (SSSR count). The van der Waals surface area contributed by atoms with E-state index in [9.17, 15) is 14.4 Å². The van der Waals surface area contributed by atoms with Gasteiger partial charge in [-0.2, -0.15) is 5.01 Å². The number of hydrogen-bond donors (Lipinski definition) is 2. The number of nitrogens with zero attached hydrogens (tertiary/aromatic N) is 4. The van der Waals surface area contributed by atoms with Crippen LogP contribution >= 0.6 is 0 Å². The SMILES string of the molecule is C#CCN(C(=O)NCc1ccc(OC)cc1)N1CC(=O)N2[C@@H](Cc3ccc(NC)cc3)C(=O)N(Cc3cccc4ccccc34)C[C@@H]21. The van der Waals surface area contributed by atoms with Gasteiger partial charge in [-0.1, -0.05) is 72.7 Å². The second-order valence-electron chi connectivity index (χ2n) is 11.7. The number of amides is 4. The molecule has 2 aliphatic heterocycles. The van der Waals surface area contributed by atoms with Gasteiger partial charge >= 0.3 is 6.03 Å². The number of ether oxygens (including phenoxy) is 1. The van der Waals surface area contributed by atoms with Crippen molar-refractivity contribution in [1.82, 2.24) is 25.1 Å². The largest absolute Gasteiger partial charge is 0.497 e. The monoisotopic (exact) mass is 630 g/mol. The molecule has 4 aromatic carbocycles. The molecule has 2 saturated heterocycles. The van der Waals surface area contributed by atoms with Crippen LogP contribution in [0.3, 0.4) is 0 Å². The number of carbonyl (C=O) groups excluding carboxylic acids is 3. The highest BCUT2D eigenvalue weighted by Gasteiger charge is 2.52. The van der Waals surface area contributed by atoms with Gasteiger partial charge in [-0.3, -0.25) is 9.59 Å². The number of hydrazine groups is 1. The standard InChI is InChI=1S/C37H38N6O4/c1-4-20-41(37(46)39-22-27-14-18-31(47-3)19-15-27)42-25-35(44)43-33(21-26-12-16-30(38-2)17-13-26)36(45)40(24-34(42)43)23-29-10-7-9-28-8-5-6-11-32(28)29/h1,5-19,33-34,38H,20-25H2,2-3H3,(H,39,46)/t33-,34+/m0/s1. The lowest BCUT2D eigenvalue weighted by Crippen LogP contribution is -2.66. The summed E-state index contributed by atoms with van der Waals surface area (Å²) in [5.41, 5.74) is 3.77. The molecule has 2 heterocycles. The average Bonchev–Trinajstić information content (AvgIpc) is 3.43. The van der Waals surface area contributed by atoms with Crippen molar-refractivity contribution >= 4 is 34.3 Å². The highest BCUT2D eigenvalue weighted by atomic mass is 16.5. The Morgan fingerprint density at radius 1 is 0.979 bits per heavy atom. The molecule has 10 nitrogen and oxygen atoms in total. The smallest absolute Gasteiger partial charge is 0.333 e. The minimum absolute atomic E-state index is 0.0422. The van der Waals surface area contributed by atoms with Crippen LogP contribution in [0.4, 0.5) is 10.5 Å². The van der Waals surface area contributed by atoms with Crippen molar-refractivity contribution in [3.05, 3.63) is 108 Å². The number of nitrogens with one attached hydrogen (secondary N) is 2. The maximum absolute atomic E-state index is 14.3. The highest BCUT2D eigenvalue weighted by molar-refractivity contribution is 5.92. The van der Waals surface area contributed by atoms with Crippen LogP contribution in [0.5, 0.6) is 5.75 Å². The molecule has 0 radical (unpaired) electrons. The van der Waals surface area contributed by atoms with Crippen LogP contribution in [0.1, 0.15) is 16.7 Å². The zero-order valence-corrected chi connectivity index (χ0v) is 26.6. The van der Waals surface area contributed by atoms with Gasteiger partial charge in [-0.25, -0.2) is 9.80 Å². The molecule has 0 unspecified atom stereocenters. The molecule has 10 heteroatoms. The maximum atomic E-state index is 14.3. The number of fused-ring (bicyclic) bond motifs is 2. The number of carbonyl (C=O) groups is 3. The number of terminal acetylenes is 1. The average molecular weight is 631 g/mol. The molecular weight excluding hydrogens is 592 g/mol. The summed E-state index contributed by atoms with van der Waals surface area (Å²) in [5, 5.41) is 11.3. The van der Waals surface area contributed by atoms with Gasteiger partial charge in [0.15, 0.2) is 0 Å². The van der Waals surface area contributed by atoms with Crippen molar-refractivity contribution in [2.45, 2.75) is 31.7 Å². The van der Waals surface area contributed by atoms with Crippen molar-refractivity contribution < 1.29 is 19.1 Å². The van der Waals surface area contributed by atoms with Crippen LogP contribution in [0, 0.1) is 12.3 Å². The normalized spacial score (nSPS) is 17.7. The van der Waals surface area contributed by atoms with Gasteiger partial charge in [0.2, 0.25) is 11.8 Å². The van der Waals surface area contributed by atoms with E-state index in [1.54, 1.807) is 17.0 Å². The molecule has 0 saturated carbocycles. The zero-order chi connectivity index (χ0) is 32.9. The van der Waals surface area contributed by atoms with Crippen LogP contribution in [0.2, 0.25) is 0 Å². The first kappa shape index (κ1) is 31.5.